The number of carbonyl (C=O) groups excluding carboxylic acids is 4. The highest BCUT2D eigenvalue weighted by Gasteiger charge is 2.36. The van der Waals surface area contributed by atoms with E-state index in [1.807, 2.05) is 12.1 Å². The summed E-state index contributed by atoms with van der Waals surface area (Å²) in [6.45, 7) is -0.363. The number of esters is 2. The van der Waals surface area contributed by atoms with E-state index < -0.39 is 30.4 Å². The van der Waals surface area contributed by atoms with Crippen LogP contribution >= 0.6 is 0 Å². The summed E-state index contributed by atoms with van der Waals surface area (Å²) in [6.07, 6.45) is -0.0189. The van der Waals surface area contributed by atoms with E-state index >= 15 is 0 Å². The minimum absolute atomic E-state index is 0.0189. The third-order valence-corrected chi connectivity index (χ3v) is 5.84. The first kappa shape index (κ1) is 26.2. The van der Waals surface area contributed by atoms with Gasteiger partial charge in [-0.25, -0.2) is 4.79 Å². The molecule has 196 valence electrons. The van der Waals surface area contributed by atoms with Crippen LogP contribution in [0.2, 0.25) is 0 Å². The highest BCUT2D eigenvalue weighted by Crippen LogP contribution is 2.33. The van der Waals surface area contributed by atoms with Gasteiger partial charge < -0.3 is 29.2 Å². The van der Waals surface area contributed by atoms with Crippen LogP contribution in [-0.4, -0.2) is 51.1 Å². The second kappa shape index (κ2) is 11.9. The molecule has 10 nitrogen and oxygen atoms in total. The Labute approximate surface area is 219 Å². The fourth-order valence-corrected chi connectivity index (χ4v) is 3.90. The first-order valence-electron chi connectivity index (χ1n) is 11.7. The van der Waals surface area contributed by atoms with Crippen LogP contribution in [0.1, 0.15) is 16.8 Å². The molecule has 10 heteroatoms. The number of hydrogen-bond acceptors (Lipinski definition) is 8. The van der Waals surface area contributed by atoms with E-state index in [0.29, 0.717) is 34.2 Å². The standard InChI is InChI=1S/C28H26N2O8/c1-35-23-5-3-4-6-24(23)38-22-13-11-21(12-14-22)30-16-19(15-26(30)32)28(34)37-17-25(31)29-20-9-7-18(8-10-20)27(33)36-2/h3-14,19H,15-17H2,1-2H3,(H,29,31)/t19-/m1/s1. The summed E-state index contributed by atoms with van der Waals surface area (Å²) in [5.74, 6) is -0.868. The number of amides is 2. The Morgan fingerprint density at radius 1 is 0.921 bits per heavy atom. The zero-order chi connectivity index (χ0) is 27.1. The molecule has 38 heavy (non-hydrogen) atoms. The molecule has 1 fully saturated rings. The maximum atomic E-state index is 12.6. The number of hydrogen-bond donors (Lipinski definition) is 1. The molecule has 1 aliphatic rings. The lowest BCUT2D eigenvalue weighted by molar-refractivity contribution is -0.151. The second-order valence-electron chi connectivity index (χ2n) is 8.38. The van der Waals surface area contributed by atoms with E-state index in [1.54, 1.807) is 43.5 Å². The average molecular weight is 519 g/mol. The lowest BCUT2D eigenvalue weighted by Gasteiger charge is -2.17. The van der Waals surface area contributed by atoms with Gasteiger partial charge in [-0.2, -0.15) is 0 Å². The molecule has 0 bridgehead atoms. The van der Waals surface area contributed by atoms with Crippen molar-refractivity contribution in [1.82, 2.24) is 0 Å². The molecule has 0 unspecified atom stereocenters. The van der Waals surface area contributed by atoms with Crippen LogP contribution in [-0.2, 0) is 23.9 Å². The molecule has 4 rings (SSSR count). The maximum Gasteiger partial charge on any atom is 0.337 e. The topological polar surface area (TPSA) is 120 Å². The highest BCUT2D eigenvalue weighted by atomic mass is 16.5. The Morgan fingerprint density at radius 2 is 1.61 bits per heavy atom. The van der Waals surface area contributed by atoms with Gasteiger partial charge in [-0.1, -0.05) is 12.1 Å². The van der Waals surface area contributed by atoms with Crippen molar-refractivity contribution in [3.8, 4) is 17.2 Å². The number of nitrogens with zero attached hydrogens (tertiary/aromatic N) is 1. The molecule has 0 spiro atoms. The van der Waals surface area contributed by atoms with Crippen LogP contribution in [0.3, 0.4) is 0 Å². The molecule has 0 aromatic heterocycles. The van der Waals surface area contributed by atoms with Crippen LogP contribution < -0.4 is 19.7 Å². The third kappa shape index (κ3) is 6.28. The third-order valence-electron chi connectivity index (χ3n) is 5.84. The SMILES string of the molecule is COC(=O)c1ccc(NC(=O)COC(=O)[C@@H]2CC(=O)N(c3ccc(Oc4ccccc4OC)cc3)C2)cc1. The Morgan fingerprint density at radius 3 is 2.26 bits per heavy atom. The molecule has 3 aromatic carbocycles. The number of methoxy groups -OCH3 is 2. The molecular weight excluding hydrogens is 492 g/mol. The van der Waals surface area contributed by atoms with Crippen LogP contribution in [0.15, 0.2) is 72.8 Å². The van der Waals surface area contributed by atoms with E-state index in [4.69, 9.17) is 14.2 Å². The second-order valence-corrected chi connectivity index (χ2v) is 8.38. The first-order valence-corrected chi connectivity index (χ1v) is 11.7. The molecule has 1 heterocycles. The van der Waals surface area contributed by atoms with Crippen molar-refractivity contribution in [2.75, 3.05) is 37.6 Å². The maximum absolute atomic E-state index is 12.6. The predicted molar refractivity (Wildman–Crippen MR) is 137 cm³/mol. The molecule has 1 N–H and O–H groups in total. The zero-order valence-corrected chi connectivity index (χ0v) is 20.8. The molecule has 2 amide bonds. The fourth-order valence-electron chi connectivity index (χ4n) is 3.90. The van der Waals surface area contributed by atoms with Crippen molar-refractivity contribution >= 4 is 35.1 Å². The lowest BCUT2D eigenvalue weighted by atomic mass is 10.1. The van der Waals surface area contributed by atoms with Gasteiger partial charge >= 0.3 is 11.9 Å². The molecular formula is C28H26N2O8. The number of carbonyl (C=O) groups is 4. The minimum atomic E-state index is -0.695. The molecule has 0 aliphatic carbocycles. The van der Waals surface area contributed by atoms with Crippen LogP contribution in [0, 0.1) is 5.92 Å². The molecule has 1 saturated heterocycles. The number of para-hydroxylation sites is 2. The largest absolute Gasteiger partial charge is 0.493 e. The van der Waals surface area contributed by atoms with E-state index in [2.05, 4.69) is 10.1 Å². The number of benzene rings is 3. The Hall–Kier alpha value is -4.86. The molecule has 0 radical (unpaired) electrons. The summed E-state index contributed by atoms with van der Waals surface area (Å²) < 4.78 is 20.9. The molecule has 1 aliphatic heterocycles. The molecule has 3 aromatic rings. The van der Waals surface area contributed by atoms with Crippen LogP contribution in [0.25, 0.3) is 0 Å². The van der Waals surface area contributed by atoms with Gasteiger partial charge in [0.1, 0.15) is 5.75 Å². The van der Waals surface area contributed by atoms with Crippen molar-refractivity contribution in [2.45, 2.75) is 6.42 Å². The van der Waals surface area contributed by atoms with Crippen molar-refractivity contribution in [3.63, 3.8) is 0 Å². The summed E-state index contributed by atoms with van der Waals surface area (Å²) in [5, 5.41) is 2.58. The molecule has 1 atom stereocenters. The lowest BCUT2D eigenvalue weighted by Crippen LogP contribution is -2.28. The van der Waals surface area contributed by atoms with Gasteiger partial charge in [-0.05, 0) is 60.7 Å². The monoisotopic (exact) mass is 518 g/mol. The zero-order valence-electron chi connectivity index (χ0n) is 20.8. The van der Waals surface area contributed by atoms with Crippen molar-refractivity contribution in [2.24, 2.45) is 5.92 Å². The van der Waals surface area contributed by atoms with Gasteiger partial charge in [-0.3, -0.25) is 14.4 Å². The molecule has 0 saturated carbocycles. The summed E-state index contributed by atoms with van der Waals surface area (Å²) >= 11 is 0. The first-order chi connectivity index (χ1) is 18.4. The summed E-state index contributed by atoms with van der Waals surface area (Å²) in [4.78, 5) is 50.3. The minimum Gasteiger partial charge on any atom is -0.493 e. The quantitative estimate of drug-likeness (QED) is 0.425. The normalized spacial score (nSPS) is 14.5. The van der Waals surface area contributed by atoms with E-state index in [-0.39, 0.29) is 18.9 Å². The smallest absolute Gasteiger partial charge is 0.337 e. The van der Waals surface area contributed by atoms with Gasteiger partial charge in [0, 0.05) is 24.3 Å². The van der Waals surface area contributed by atoms with Crippen LogP contribution in [0.5, 0.6) is 17.2 Å². The summed E-state index contributed by atoms with van der Waals surface area (Å²) in [7, 11) is 2.84. The van der Waals surface area contributed by atoms with Gasteiger partial charge in [-0.15, -0.1) is 0 Å². The predicted octanol–water partition coefficient (Wildman–Crippen LogP) is 3.81. The van der Waals surface area contributed by atoms with E-state index in [0.717, 1.165) is 0 Å². The van der Waals surface area contributed by atoms with Gasteiger partial charge in [0.15, 0.2) is 18.1 Å². The Bertz CT molecular complexity index is 1320. The van der Waals surface area contributed by atoms with E-state index in [1.165, 1.54) is 36.3 Å². The van der Waals surface area contributed by atoms with Crippen molar-refractivity contribution in [3.05, 3.63) is 78.4 Å². The highest BCUT2D eigenvalue weighted by molar-refractivity contribution is 6.00. The number of ether oxygens (including phenoxy) is 4. The Balaban J connectivity index is 1.28. The van der Waals surface area contributed by atoms with Gasteiger partial charge in [0.05, 0.1) is 25.7 Å². The van der Waals surface area contributed by atoms with Crippen molar-refractivity contribution in [1.29, 1.82) is 0 Å². The summed E-state index contributed by atoms with van der Waals surface area (Å²) in [6, 6.07) is 20.2. The van der Waals surface area contributed by atoms with E-state index in [9.17, 15) is 19.2 Å². The van der Waals surface area contributed by atoms with Crippen molar-refractivity contribution < 1.29 is 38.1 Å². The van der Waals surface area contributed by atoms with Crippen LogP contribution in [0.4, 0.5) is 11.4 Å². The van der Waals surface area contributed by atoms with Gasteiger partial charge in [0.2, 0.25) is 5.91 Å². The number of rotatable bonds is 9. The summed E-state index contributed by atoms with van der Waals surface area (Å²) in [5.41, 5.74) is 1.39. The Kier molecular flexibility index (Phi) is 8.22. The van der Waals surface area contributed by atoms with Gasteiger partial charge in [0.25, 0.3) is 5.91 Å². The fraction of sp³-hybridized carbons (Fsp3) is 0.214. The number of nitrogens with one attached hydrogen (secondary N) is 1. The average Bonchev–Trinajstić information content (AvgIpc) is 3.34. The number of anilines is 2.